The summed E-state index contributed by atoms with van der Waals surface area (Å²) in [6.45, 7) is 4.83. The zero-order valence-corrected chi connectivity index (χ0v) is 11.4. The Morgan fingerprint density at radius 2 is 2.30 bits per heavy atom. The fourth-order valence-corrected chi connectivity index (χ4v) is 2.15. The van der Waals surface area contributed by atoms with E-state index in [9.17, 15) is 14.9 Å². The van der Waals surface area contributed by atoms with E-state index in [1.165, 1.54) is 6.07 Å². The number of hydrogen-bond donors (Lipinski definition) is 2. The fourth-order valence-electron chi connectivity index (χ4n) is 2.15. The minimum atomic E-state index is -0.448. The van der Waals surface area contributed by atoms with Crippen LogP contribution in [0.1, 0.15) is 19.4 Å². The largest absolute Gasteiger partial charge is 0.377 e. The molecule has 0 bridgehead atoms. The SMILES string of the molecule is CCOC(C)CNc1cc2c(cc1[N+](=O)[O-])CC(=O)N2. The van der Waals surface area contributed by atoms with E-state index in [4.69, 9.17) is 4.74 Å². The minimum absolute atomic E-state index is 0.0241. The van der Waals surface area contributed by atoms with Gasteiger partial charge in [0.1, 0.15) is 5.69 Å². The van der Waals surface area contributed by atoms with E-state index in [1.807, 2.05) is 13.8 Å². The number of rotatable bonds is 6. The molecule has 1 amide bonds. The Bertz CT molecular complexity index is 545. The van der Waals surface area contributed by atoms with Crippen molar-refractivity contribution >= 4 is 23.0 Å². The number of nitro groups is 1. The van der Waals surface area contributed by atoms with Gasteiger partial charge in [-0.25, -0.2) is 0 Å². The Labute approximate surface area is 116 Å². The van der Waals surface area contributed by atoms with Gasteiger partial charge in [-0.1, -0.05) is 0 Å². The van der Waals surface area contributed by atoms with Crippen LogP contribution in [0.2, 0.25) is 0 Å². The van der Waals surface area contributed by atoms with Crippen molar-refractivity contribution in [3.8, 4) is 0 Å². The van der Waals surface area contributed by atoms with Crippen molar-refractivity contribution in [2.75, 3.05) is 23.8 Å². The molecule has 20 heavy (non-hydrogen) atoms. The van der Waals surface area contributed by atoms with Crippen LogP contribution >= 0.6 is 0 Å². The maximum Gasteiger partial charge on any atom is 0.292 e. The maximum absolute atomic E-state index is 11.3. The summed E-state index contributed by atoms with van der Waals surface area (Å²) in [6.07, 6.45) is 0.133. The molecule has 108 valence electrons. The summed E-state index contributed by atoms with van der Waals surface area (Å²) in [6, 6.07) is 3.05. The monoisotopic (exact) mass is 279 g/mol. The third kappa shape index (κ3) is 3.05. The highest BCUT2D eigenvalue weighted by Crippen LogP contribution is 2.34. The van der Waals surface area contributed by atoms with Gasteiger partial charge in [-0.05, 0) is 25.5 Å². The van der Waals surface area contributed by atoms with Crippen molar-refractivity contribution in [2.45, 2.75) is 26.4 Å². The normalized spacial score (nSPS) is 14.6. The number of ether oxygens (including phenoxy) is 1. The molecular weight excluding hydrogens is 262 g/mol. The Balaban J connectivity index is 2.21. The molecule has 0 spiro atoms. The zero-order valence-electron chi connectivity index (χ0n) is 11.4. The van der Waals surface area contributed by atoms with Crippen molar-refractivity contribution in [2.24, 2.45) is 0 Å². The average Bonchev–Trinajstić information content (AvgIpc) is 2.74. The molecule has 0 aromatic heterocycles. The molecule has 1 heterocycles. The van der Waals surface area contributed by atoms with Gasteiger partial charge < -0.3 is 15.4 Å². The molecule has 7 heteroatoms. The number of benzene rings is 1. The molecule has 2 rings (SSSR count). The molecule has 0 aliphatic carbocycles. The van der Waals surface area contributed by atoms with E-state index >= 15 is 0 Å². The number of nitrogens with zero attached hydrogens (tertiary/aromatic N) is 1. The number of fused-ring (bicyclic) bond motifs is 1. The van der Waals surface area contributed by atoms with Gasteiger partial charge >= 0.3 is 0 Å². The first-order chi connectivity index (χ1) is 9.51. The second-order valence-corrected chi connectivity index (χ2v) is 4.66. The van der Waals surface area contributed by atoms with E-state index < -0.39 is 4.92 Å². The number of nitro benzene ring substituents is 1. The van der Waals surface area contributed by atoms with Crippen LogP contribution in [0.15, 0.2) is 12.1 Å². The summed E-state index contributed by atoms with van der Waals surface area (Å²) >= 11 is 0. The van der Waals surface area contributed by atoms with Crippen LogP contribution in [0.25, 0.3) is 0 Å². The summed E-state index contributed by atoms with van der Waals surface area (Å²) in [5.74, 6) is -0.144. The highest BCUT2D eigenvalue weighted by Gasteiger charge is 2.24. The Kier molecular flexibility index (Phi) is 4.19. The summed E-state index contributed by atoms with van der Waals surface area (Å²) in [7, 11) is 0. The third-order valence-corrected chi connectivity index (χ3v) is 3.07. The topological polar surface area (TPSA) is 93.5 Å². The van der Waals surface area contributed by atoms with E-state index in [2.05, 4.69) is 10.6 Å². The fraction of sp³-hybridized carbons (Fsp3) is 0.462. The first-order valence-electron chi connectivity index (χ1n) is 6.48. The summed E-state index contributed by atoms with van der Waals surface area (Å²) in [5, 5.41) is 16.8. The number of nitrogens with one attached hydrogen (secondary N) is 2. The summed E-state index contributed by atoms with van der Waals surface area (Å²) < 4.78 is 5.37. The number of amides is 1. The number of anilines is 2. The predicted molar refractivity (Wildman–Crippen MR) is 75.0 cm³/mol. The summed E-state index contributed by atoms with van der Waals surface area (Å²) in [4.78, 5) is 22.0. The molecule has 1 aromatic carbocycles. The van der Waals surface area contributed by atoms with Gasteiger partial charge in [0, 0.05) is 24.9 Å². The molecule has 0 radical (unpaired) electrons. The van der Waals surface area contributed by atoms with Crippen LogP contribution in [0.5, 0.6) is 0 Å². The van der Waals surface area contributed by atoms with Crippen LogP contribution in [-0.4, -0.2) is 30.1 Å². The first-order valence-corrected chi connectivity index (χ1v) is 6.48. The number of carbonyl (C=O) groups is 1. The molecule has 1 aromatic rings. The lowest BCUT2D eigenvalue weighted by Crippen LogP contribution is -2.20. The van der Waals surface area contributed by atoms with E-state index in [1.54, 1.807) is 6.07 Å². The van der Waals surface area contributed by atoms with Gasteiger partial charge in [0.25, 0.3) is 5.69 Å². The molecule has 0 saturated heterocycles. The second kappa shape index (κ2) is 5.87. The first kappa shape index (κ1) is 14.3. The van der Waals surface area contributed by atoms with Gasteiger partial charge in [0.15, 0.2) is 0 Å². The van der Waals surface area contributed by atoms with Crippen LogP contribution in [0, 0.1) is 10.1 Å². The molecule has 0 saturated carbocycles. The van der Waals surface area contributed by atoms with Crippen molar-refractivity contribution in [1.82, 2.24) is 0 Å². The lowest BCUT2D eigenvalue weighted by atomic mass is 10.1. The van der Waals surface area contributed by atoms with Crippen LogP contribution in [0.4, 0.5) is 17.1 Å². The molecule has 1 aliphatic rings. The quantitative estimate of drug-likeness (QED) is 0.613. The van der Waals surface area contributed by atoms with Gasteiger partial charge in [-0.15, -0.1) is 0 Å². The molecule has 1 unspecified atom stereocenters. The molecule has 2 N–H and O–H groups in total. The van der Waals surface area contributed by atoms with E-state index in [0.29, 0.717) is 30.1 Å². The van der Waals surface area contributed by atoms with Crippen molar-refractivity contribution in [3.63, 3.8) is 0 Å². The Hall–Kier alpha value is -2.15. The van der Waals surface area contributed by atoms with Crippen molar-refractivity contribution < 1.29 is 14.5 Å². The highest BCUT2D eigenvalue weighted by molar-refractivity contribution is 6.00. The molecule has 1 aliphatic heterocycles. The Morgan fingerprint density at radius 3 is 2.95 bits per heavy atom. The summed E-state index contributed by atoms with van der Waals surface area (Å²) in [5.41, 5.74) is 1.66. The molecular formula is C13H17N3O4. The predicted octanol–water partition coefficient (Wildman–Crippen LogP) is 1.93. The lowest BCUT2D eigenvalue weighted by Gasteiger charge is -2.14. The second-order valence-electron chi connectivity index (χ2n) is 4.66. The van der Waals surface area contributed by atoms with Gasteiger partial charge in [-0.2, -0.15) is 0 Å². The van der Waals surface area contributed by atoms with Crippen molar-refractivity contribution in [3.05, 3.63) is 27.8 Å². The zero-order chi connectivity index (χ0) is 14.7. The minimum Gasteiger partial charge on any atom is -0.377 e. The van der Waals surface area contributed by atoms with E-state index in [0.717, 1.165) is 0 Å². The molecule has 0 fully saturated rings. The van der Waals surface area contributed by atoms with Gasteiger partial charge in [0.2, 0.25) is 5.91 Å². The average molecular weight is 279 g/mol. The van der Waals surface area contributed by atoms with E-state index in [-0.39, 0.29) is 24.1 Å². The van der Waals surface area contributed by atoms with Crippen molar-refractivity contribution in [1.29, 1.82) is 0 Å². The number of carbonyl (C=O) groups excluding carboxylic acids is 1. The maximum atomic E-state index is 11.3. The molecule has 7 nitrogen and oxygen atoms in total. The van der Waals surface area contributed by atoms with Crippen LogP contribution < -0.4 is 10.6 Å². The standard InChI is InChI=1S/C13H17N3O4/c1-3-20-8(2)7-14-11-6-10-9(5-13(17)15-10)4-12(11)16(18)19/h4,6,8,14H,3,5,7H2,1-2H3,(H,15,17). The smallest absolute Gasteiger partial charge is 0.292 e. The third-order valence-electron chi connectivity index (χ3n) is 3.07. The van der Waals surface area contributed by atoms with Crippen LogP contribution in [0.3, 0.4) is 0 Å². The van der Waals surface area contributed by atoms with Gasteiger partial charge in [-0.3, -0.25) is 14.9 Å². The highest BCUT2D eigenvalue weighted by atomic mass is 16.6. The van der Waals surface area contributed by atoms with Gasteiger partial charge in [0.05, 0.1) is 17.4 Å². The number of hydrogen-bond acceptors (Lipinski definition) is 5. The molecule has 1 atom stereocenters. The lowest BCUT2D eigenvalue weighted by molar-refractivity contribution is -0.384. The van der Waals surface area contributed by atoms with Crippen LogP contribution in [-0.2, 0) is 16.0 Å². The Morgan fingerprint density at radius 1 is 1.55 bits per heavy atom.